The largest absolute Gasteiger partial charge is 0.135 e. The Bertz CT molecular complexity index is 1760. The molecule has 136 valence electrons. The summed E-state index contributed by atoms with van der Waals surface area (Å²) in [5, 5.41) is 10.8. The van der Waals surface area contributed by atoms with E-state index >= 15 is 0 Å². The van der Waals surface area contributed by atoms with Crippen molar-refractivity contribution >= 4 is 84.6 Å². The summed E-state index contributed by atoms with van der Waals surface area (Å²) in [6.07, 6.45) is 0. The molecule has 2 heteroatoms. The lowest BCUT2D eigenvalue weighted by molar-refractivity contribution is 1.52. The Labute approximate surface area is 175 Å². The molecule has 7 aromatic rings. The van der Waals surface area contributed by atoms with Gasteiger partial charge < -0.3 is 0 Å². The van der Waals surface area contributed by atoms with Crippen molar-refractivity contribution in [2.45, 2.75) is 6.92 Å². The van der Waals surface area contributed by atoms with Crippen LogP contribution in [0.4, 0.5) is 0 Å². The Hall–Kier alpha value is -2.94. The highest BCUT2D eigenvalue weighted by molar-refractivity contribution is 7.27. The normalized spacial score (nSPS) is 12.3. The van der Waals surface area contributed by atoms with Gasteiger partial charge in [0.1, 0.15) is 0 Å². The molecule has 0 unspecified atom stereocenters. The average molecular weight is 405 g/mol. The minimum atomic E-state index is 1.31. The maximum Gasteiger partial charge on any atom is 0.0362 e. The van der Waals surface area contributed by atoms with Crippen LogP contribution >= 0.6 is 22.7 Å². The first kappa shape index (κ1) is 15.9. The maximum atomic E-state index is 2.41. The Morgan fingerprint density at radius 3 is 1.72 bits per heavy atom. The second-order valence-electron chi connectivity index (χ2n) is 7.94. The molecule has 0 saturated heterocycles. The van der Waals surface area contributed by atoms with Gasteiger partial charge in [0.05, 0.1) is 0 Å². The molecule has 0 aliphatic carbocycles. The van der Waals surface area contributed by atoms with Crippen LogP contribution in [0.15, 0.2) is 78.9 Å². The molecule has 5 aromatic carbocycles. The molecule has 0 amide bonds. The van der Waals surface area contributed by atoms with E-state index in [0.717, 1.165) is 0 Å². The van der Waals surface area contributed by atoms with Gasteiger partial charge >= 0.3 is 0 Å². The second-order valence-corrected chi connectivity index (χ2v) is 10.1. The number of hydrogen-bond acceptors (Lipinski definition) is 2. The predicted molar refractivity (Wildman–Crippen MR) is 132 cm³/mol. The number of aryl methyl sites for hydroxylation is 1. The van der Waals surface area contributed by atoms with Crippen LogP contribution in [0, 0.1) is 6.92 Å². The van der Waals surface area contributed by atoms with E-state index in [4.69, 9.17) is 0 Å². The minimum Gasteiger partial charge on any atom is -0.135 e. The summed E-state index contributed by atoms with van der Waals surface area (Å²) in [6, 6.07) is 29.7. The number of thiophene rings is 2. The van der Waals surface area contributed by atoms with E-state index < -0.39 is 0 Å². The van der Waals surface area contributed by atoms with Crippen LogP contribution in [0.25, 0.3) is 61.9 Å². The zero-order chi connectivity index (χ0) is 19.1. The fourth-order valence-corrected chi connectivity index (χ4v) is 6.97. The molecule has 0 N–H and O–H groups in total. The predicted octanol–water partition coefficient (Wildman–Crippen LogP) is 9.04. The molecule has 0 fully saturated rings. The van der Waals surface area contributed by atoms with Gasteiger partial charge in [0.15, 0.2) is 0 Å². The van der Waals surface area contributed by atoms with Crippen LogP contribution in [-0.4, -0.2) is 0 Å². The van der Waals surface area contributed by atoms with E-state index in [0.29, 0.717) is 0 Å². The fourth-order valence-electron chi connectivity index (χ4n) is 4.59. The summed E-state index contributed by atoms with van der Waals surface area (Å²) >= 11 is 3.83. The van der Waals surface area contributed by atoms with Gasteiger partial charge in [-0.05, 0) is 76.5 Å². The number of rotatable bonds is 0. The summed E-state index contributed by atoms with van der Waals surface area (Å²) in [4.78, 5) is 0. The fraction of sp³-hybridized carbons (Fsp3) is 0.0370. The van der Waals surface area contributed by atoms with Crippen LogP contribution in [0.1, 0.15) is 5.56 Å². The summed E-state index contributed by atoms with van der Waals surface area (Å²) in [5.41, 5.74) is 1.33. The van der Waals surface area contributed by atoms with Crippen LogP contribution in [0.2, 0.25) is 0 Å². The molecular weight excluding hydrogens is 388 g/mol. The first-order valence-electron chi connectivity index (χ1n) is 9.85. The lowest BCUT2D eigenvalue weighted by Gasteiger charge is -2.03. The molecule has 29 heavy (non-hydrogen) atoms. The smallest absolute Gasteiger partial charge is 0.0362 e. The van der Waals surface area contributed by atoms with Gasteiger partial charge in [-0.15, -0.1) is 22.7 Å². The first-order valence-corrected chi connectivity index (χ1v) is 11.5. The summed E-state index contributed by atoms with van der Waals surface area (Å²) in [7, 11) is 0. The Kier molecular flexibility index (Phi) is 3.06. The topological polar surface area (TPSA) is 0 Å². The van der Waals surface area contributed by atoms with E-state index in [1.165, 1.54) is 67.5 Å². The third-order valence-electron chi connectivity index (χ3n) is 6.04. The Morgan fingerprint density at radius 1 is 0.448 bits per heavy atom. The molecular formula is C27H16S2. The van der Waals surface area contributed by atoms with Crippen LogP contribution < -0.4 is 0 Å². The highest BCUT2D eigenvalue weighted by atomic mass is 32.1. The van der Waals surface area contributed by atoms with E-state index in [1.807, 2.05) is 22.7 Å². The summed E-state index contributed by atoms with van der Waals surface area (Å²) < 4.78 is 5.53. The highest BCUT2D eigenvalue weighted by Gasteiger charge is 2.12. The minimum absolute atomic E-state index is 1.31. The van der Waals surface area contributed by atoms with Gasteiger partial charge in [-0.3, -0.25) is 0 Å². The molecule has 7 rings (SSSR count). The van der Waals surface area contributed by atoms with E-state index in [-0.39, 0.29) is 0 Å². The molecule has 2 heterocycles. The lowest BCUT2D eigenvalue weighted by Crippen LogP contribution is -1.76. The van der Waals surface area contributed by atoms with Gasteiger partial charge in [-0.2, -0.15) is 0 Å². The highest BCUT2D eigenvalue weighted by Crippen LogP contribution is 2.43. The number of fused-ring (bicyclic) bond motifs is 8. The van der Waals surface area contributed by atoms with Crippen molar-refractivity contribution in [3.05, 3.63) is 84.4 Å². The molecule has 0 aliphatic rings. The molecule has 2 aromatic heterocycles. The second kappa shape index (κ2) is 5.56. The van der Waals surface area contributed by atoms with Crippen LogP contribution in [0.3, 0.4) is 0 Å². The van der Waals surface area contributed by atoms with Crippen molar-refractivity contribution in [1.82, 2.24) is 0 Å². The Balaban J connectivity index is 1.59. The Morgan fingerprint density at radius 2 is 1.00 bits per heavy atom. The number of benzene rings is 5. The molecule has 0 nitrogen and oxygen atoms in total. The van der Waals surface area contributed by atoms with E-state index in [2.05, 4.69) is 85.8 Å². The van der Waals surface area contributed by atoms with Crippen molar-refractivity contribution in [3.63, 3.8) is 0 Å². The summed E-state index contributed by atoms with van der Waals surface area (Å²) in [5.74, 6) is 0. The van der Waals surface area contributed by atoms with Gasteiger partial charge in [-0.25, -0.2) is 0 Å². The molecule has 0 saturated carbocycles. The molecule has 0 aliphatic heterocycles. The zero-order valence-corrected chi connectivity index (χ0v) is 17.5. The average Bonchev–Trinajstić information content (AvgIpc) is 3.24. The third-order valence-corrected chi connectivity index (χ3v) is 8.27. The first-order chi connectivity index (χ1) is 14.2. The monoisotopic (exact) mass is 404 g/mol. The molecule has 0 bridgehead atoms. The van der Waals surface area contributed by atoms with E-state index in [1.54, 1.807) is 0 Å². The third kappa shape index (κ3) is 2.24. The van der Waals surface area contributed by atoms with E-state index in [9.17, 15) is 0 Å². The van der Waals surface area contributed by atoms with Gasteiger partial charge in [0, 0.05) is 40.3 Å². The lowest BCUT2D eigenvalue weighted by atomic mass is 10.0. The van der Waals surface area contributed by atoms with Gasteiger partial charge in [-0.1, -0.05) is 36.4 Å². The zero-order valence-electron chi connectivity index (χ0n) is 15.8. The van der Waals surface area contributed by atoms with Crippen molar-refractivity contribution in [3.8, 4) is 0 Å². The molecule has 0 spiro atoms. The van der Waals surface area contributed by atoms with Crippen LogP contribution in [0.5, 0.6) is 0 Å². The van der Waals surface area contributed by atoms with Gasteiger partial charge in [0.2, 0.25) is 0 Å². The quantitative estimate of drug-likeness (QED) is 0.221. The molecule has 0 radical (unpaired) electrons. The molecule has 0 atom stereocenters. The SMILES string of the molecule is Cc1ccc2c(c1)sc1cc3c(cc12)sc1cc2cc4ccccc4cc2cc13. The van der Waals surface area contributed by atoms with Crippen LogP contribution in [-0.2, 0) is 0 Å². The van der Waals surface area contributed by atoms with Crippen molar-refractivity contribution in [1.29, 1.82) is 0 Å². The standard InChI is InChI=1S/C27H16S2/c1-15-6-7-20-22-13-27-23(14-26(22)28-24(20)8-15)21-11-18-9-16-4-2-3-5-17(16)10-19(18)12-25(21)29-27/h2-14H,1H3. The van der Waals surface area contributed by atoms with Gasteiger partial charge in [0.25, 0.3) is 0 Å². The summed E-state index contributed by atoms with van der Waals surface area (Å²) in [6.45, 7) is 2.17. The number of hydrogen-bond donors (Lipinski definition) is 0. The van der Waals surface area contributed by atoms with Crippen molar-refractivity contribution < 1.29 is 0 Å². The van der Waals surface area contributed by atoms with Crippen molar-refractivity contribution in [2.75, 3.05) is 0 Å². The maximum absolute atomic E-state index is 2.41. The van der Waals surface area contributed by atoms with Crippen molar-refractivity contribution in [2.24, 2.45) is 0 Å².